The zero-order chi connectivity index (χ0) is 50.1. The number of amides is 2. The van der Waals surface area contributed by atoms with Crippen molar-refractivity contribution in [2.24, 2.45) is 11.3 Å². The zero-order valence-electron chi connectivity index (χ0n) is 43.3. The van der Waals surface area contributed by atoms with Crippen molar-refractivity contribution in [1.29, 1.82) is 0 Å². The van der Waals surface area contributed by atoms with Crippen LogP contribution in [-0.2, 0) is 9.59 Å². The van der Waals surface area contributed by atoms with Crippen LogP contribution in [0.25, 0.3) is 0 Å². The van der Waals surface area contributed by atoms with Crippen LogP contribution >= 0.6 is 0 Å². The van der Waals surface area contributed by atoms with Gasteiger partial charge in [0.2, 0.25) is 11.8 Å². The predicted octanol–water partition coefficient (Wildman–Crippen LogP) is 9.51. The first-order valence-electron chi connectivity index (χ1n) is 26.2. The molecule has 2 amide bonds. The number of hydrogen-bond donors (Lipinski definition) is 7. The van der Waals surface area contributed by atoms with Crippen LogP contribution in [0.4, 0.5) is 0 Å². The summed E-state index contributed by atoms with van der Waals surface area (Å²) in [5, 5.41) is 51.8. The van der Waals surface area contributed by atoms with E-state index in [1.807, 2.05) is 11.0 Å². The van der Waals surface area contributed by atoms with E-state index in [1.165, 1.54) is 0 Å². The molecule has 0 saturated carbocycles. The second-order valence-corrected chi connectivity index (χ2v) is 18.9. The molecule has 0 aromatic rings. The van der Waals surface area contributed by atoms with E-state index in [0.717, 1.165) is 77.0 Å². The molecule has 0 spiro atoms. The minimum Gasteiger partial charge on any atom is -0.395 e. The fourth-order valence-corrected chi connectivity index (χ4v) is 7.83. The van der Waals surface area contributed by atoms with E-state index >= 15 is 0 Å². The van der Waals surface area contributed by atoms with Crippen LogP contribution in [0.1, 0.15) is 151 Å². The number of nitrogens with one attached hydrogen (secondary N) is 3. The lowest BCUT2D eigenvalue weighted by atomic mass is 9.82. The van der Waals surface area contributed by atoms with Crippen LogP contribution < -0.4 is 16.0 Å². The maximum atomic E-state index is 13.2. The van der Waals surface area contributed by atoms with Crippen LogP contribution in [0.15, 0.2) is 109 Å². The number of rotatable bonds is 41. The lowest BCUT2D eigenvalue weighted by molar-refractivity contribution is -0.137. The normalized spacial score (nSPS) is 18.5. The Bertz CT molecular complexity index is 1560. The molecule has 6 atom stereocenters. The number of nitrogens with zero attached hydrogens (tertiary/aromatic N) is 2. The van der Waals surface area contributed by atoms with Gasteiger partial charge in [0.1, 0.15) is 18.3 Å². The molecule has 0 bridgehead atoms. The monoisotopic (exact) mass is 948 g/mol. The van der Waals surface area contributed by atoms with Crippen LogP contribution in [-0.4, -0.2) is 118 Å². The van der Waals surface area contributed by atoms with Crippen molar-refractivity contribution < 1.29 is 30.0 Å². The van der Waals surface area contributed by atoms with Crippen molar-refractivity contribution in [3.05, 3.63) is 109 Å². The number of hydrogen-bond acceptors (Lipinski definition) is 9. The third kappa shape index (κ3) is 32.8. The smallest absolute Gasteiger partial charge is 0.243 e. The van der Waals surface area contributed by atoms with Gasteiger partial charge in [0.15, 0.2) is 0 Å². The highest BCUT2D eigenvalue weighted by molar-refractivity contribution is 5.96. The molecule has 7 N–H and O–H groups in total. The Morgan fingerprint density at radius 2 is 1.04 bits per heavy atom. The van der Waals surface area contributed by atoms with E-state index in [9.17, 15) is 30.0 Å². The number of carbonyl (C=O) groups is 2. The van der Waals surface area contributed by atoms with Gasteiger partial charge in [-0.15, -0.1) is 0 Å². The average molecular weight is 948 g/mol. The van der Waals surface area contributed by atoms with Crippen molar-refractivity contribution in [3.8, 4) is 0 Å². The van der Waals surface area contributed by atoms with E-state index in [1.54, 1.807) is 6.20 Å². The first kappa shape index (κ1) is 62.2. The molecule has 1 fully saturated rings. The van der Waals surface area contributed by atoms with Crippen LogP contribution in [0, 0.1) is 11.3 Å². The van der Waals surface area contributed by atoms with E-state index in [2.05, 4.69) is 160 Å². The van der Waals surface area contributed by atoms with E-state index in [4.69, 9.17) is 0 Å². The Morgan fingerprint density at radius 1 is 0.588 bits per heavy atom. The third-order valence-electron chi connectivity index (χ3n) is 12.0. The summed E-state index contributed by atoms with van der Waals surface area (Å²) in [7, 11) is 0. The molecule has 11 nitrogen and oxygen atoms in total. The molecule has 1 heterocycles. The number of aliphatic hydroxyl groups excluding tert-OH is 4. The molecule has 11 heteroatoms. The predicted molar refractivity (Wildman–Crippen MR) is 286 cm³/mol. The van der Waals surface area contributed by atoms with Crippen molar-refractivity contribution in [2.45, 2.75) is 181 Å². The molecule has 1 aliphatic rings. The number of piperazine rings is 1. The van der Waals surface area contributed by atoms with Crippen molar-refractivity contribution in [2.75, 3.05) is 45.9 Å². The van der Waals surface area contributed by atoms with Gasteiger partial charge in [-0.25, -0.2) is 0 Å². The third-order valence-corrected chi connectivity index (χ3v) is 12.0. The molecule has 0 radical (unpaired) electrons. The molecule has 1 rings (SSSR count). The zero-order valence-corrected chi connectivity index (χ0v) is 43.3. The molecular weight excluding hydrogens is 851 g/mol. The van der Waals surface area contributed by atoms with E-state index in [0.29, 0.717) is 71.4 Å². The summed E-state index contributed by atoms with van der Waals surface area (Å²) in [5.41, 5.74) is -0.371. The standard InChI is InChI=1S/C57H97N5O6/c1-7-10-13-16-19-22-24-27-32-39-57(5,6)53(65)47-62(46-50(64)45-49(4)36-29-26-23-20-17-14-11-8-2)42-35-31-38-52-56(68)59-51(55(67)60-52)37-30-34-41-61(43-44-63)48-54(66)58-40-33-28-25-21-18-15-12-9-3/h10-15,19-23,25,27,29,32-33,36,40,49-54,58,63-66H,7-9,16-18,24,26,28,30-31,34-35,37-39,41-48H2,1-6H3,(H,59,68)(H,60,67)/b13-10-,14-11-,15-12-,22-19-,23-20-,25-21-,32-27-,36-29-,40-33-. The van der Waals surface area contributed by atoms with E-state index < -0.39 is 30.5 Å². The summed E-state index contributed by atoms with van der Waals surface area (Å²) in [6, 6.07) is -1.20. The Kier molecular flexibility index (Phi) is 37.5. The molecule has 0 aromatic heterocycles. The second-order valence-electron chi connectivity index (χ2n) is 18.9. The summed E-state index contributed by atoms with van der Waals surface area (Å²) in [6.07, 6.45) is 49.9. The Hall–Kier alpha value is -3.84. The van der Waals surface area contributed by atoms with Crippen LogP contribution in [0.3, 0.4) is 0 Å². The highest BCUT2D eigenvalue weighted by Crippen LogP contribution is 2.27. The van der Waals surface area contributed by atoms with Gasteiger partial charge >= 0.3 is 0 Å². The Morgan fingerprint density at radius 3 is 1.54 bits per heavy atom. The topological polar surface area (TPSA) is 158 Å². The van der Waals surface area contributed by atoms with Gasteiger partial charge in [0.25, 0.3) is 0 Å². The van der Waals surface area contributed by atoms with E-state index in [-0.39, 0.29) is 29.8 Å². The van der Waals surface area contributed by atoms with Crippen molar-refractivity contribution in [1.82, 2.24) is 25.8 Å². The van der Waals surface area contributed by atoms with Gasteiger partial charge in [0, 0.05) is 26.2 Å². The second kappa shape index (κ2) is 41.0. The number of aliphatic hydroxyl groups is 4. The molecule has 1 aliphatic heterocycles. The van der Waals surface area contributed by atoms with Gasteiger partial charge in [-0.1, -0.05) is 145 Å². The lowest BCUT2D eigenvalue weighted by Gasteiger charge is -2.35. The number of allylic oxidation sites excluding steroid dienone is 17. The summed E-state index contributed by atoms with van der Waals surface area (Å²) < 4.78 is 0. The minimum atomic E-state index is -0.783. The molecule has 386 valence electrons. The first-order chi connectivity index (χ1) is 32.9. The van der Waals surface area contributed by atoms with Crippen molar-refractivity contribution >= 4 is 11.8 Å². The molecule has 0 aliphatic carbocycles. The minimum absolute atomic E-state index is 0.0236. The fraction of sp³-hybridized carbons (Fsp3) is 0.649. The largest absolute Gasteiger partial charge is 0.395 e. The van der Waals surface area contributed by atoms with Gasteiger partial charge in [0.05, 0.1) is 18.8 Å². The quantitative estimate of drug-likeness (QED) is 0.0180. The summed E-state index contributed by atoms with van der Waals surface area (Å²) >= 11 is 0. The summed E-state index contributed by atoms with van der Waals surface area (Å²) in [5.74, 6) is -0.143. The lowest BCUT2D eigenvalue weighted by Crippen LogP contribution is -2.61. The Balaban J connectivity index is 2.70. The molecule has 68 heavy (non-hydrogen) atoms. The van der Waals surface area contributed by atoms with Crippen LogP contribution in [0.5, 0.6) is 0 Å². The molecular formula is C57H97N5O6. The Labute approximate surface area is 414 Å². The number of unbranched alkanes of at least 4 members (excludes halogenated alkanes) is 2. The van der Waals surface area contributed by atoms with Gasteiger partial charge in [-0.2, -0.15) is 0 Å². The summed E-state index contributed by atoms with van der Waals surface area (Å²) in [4.78, 5) is 30.5. The van der Waals surface area contributed by atoms with Crippen LogP contribution in [0.2, 0.25) is 0 Å². The SMILES string of the molecule is CC/C=C\C/C=C\C/C=C\CC(C)(C)C(O)CN(CCCCC1NC(=O)C(CCCCN(CCO)CC(O)N/C=C\C/C=C\C/C=C\CC)NC1=O)CC(O)CC(C)/C=C\C/C=C\C/C=C\CC. The first-order valence-corrected chi connectivity index (χ1v) is 26.2. The van der Waals surface area contributed by atoms with Gasteiger partial charge < -0.3 is 36.4 Å². The van der Waals surface area contributed by atoms with Gasteiger partial charge in [-0.3, -0.25) is 19.4 Å². The summed E-state index contributed by atoms with van der Waals surface area (Å²) in [6.45, 7) is 15.6. The maximum absolute atomic E-state index is 13.2. The molecule has 0 aromatic carbocycles. The van der Waals surface area contributed by atoms with Gasteiger partial charge in [-0.05, 0) is 140 Å². The fourth-order valence-electron chi connectivity index (χ4n) is 7.83. The molecule has 6 unspecified atom stereocenters. The van der Waals surface area contributed by atoms with Crippen molar-refractivity contribution in [3.63, 3.8) is 0 Å². The average Bonchev–Trinajstić information content (AvgIpc) is 3.30. The highest BCUT2D eigenvalue weighted by Gasteiger charge is 2.33. The highest BCUT2D eigenvalue weighted by atomic mass is 16.3. The molecule has 1 saturated heterocycles. The maximum Gasteiger partial charge on any atom is 0.243 e. The number of carbonyl (C=O) groups excluding carboxylic acids is 2.